The Hall–Kier alpha value is -1.69. The quantitative estimate of drug-likeness (QED) is 0.883. The van der Waals surface area contributed by atoms with Gasteiger partial charge in [-0.25, -0.2) is 4.98 Å². The molecule has 0 saturated carbocycles. The number of aromatic nitrogens is 2. The van der Waals surface area contributed by atoms with Gasteiger partial charge >= 0.3 is 0 Å². The molecule has 0 bridgehead atoms. The van der Waals surface area contributed by atoms with Gasteiger partial charge in [-0.15, -0.1) is 0 Å². The fourth-order valence-corrected chi connectivity index (χ4v) is 3.65. The number of fused-ring (bicyclic) bond motifs is 2. The number of benzene rings is 1. The molecule has 0 fully saturated rings. The highest BCUT2D eigenvalue weighted by Crippen LogP contribution is 2.38. The van der Waals surface area contributed by atoms with Crippen molar-refractivity contribution in [2.45, 2.75) is 44.1 Å². The summed E-state index contributed by atoms with van der Waals surface area (Å²) in [7, 11) is 0. The van der Waals surface area contributed by atoms with Crippen LogP contribution in [0.15, 0.2) is 30.6 Å². The molecular formula is C17H20N2O3. The molecule has 116 valence electrons. The molecule has 0 radical (unpaired) electrons. The predicted octanol–water partition coefficient (Wildman–Crippen LogP) is 1.54. The largest absolute Gasteiger partial charge is 0.393 e. The van der Waals surface area contributed by atoms with Gasteiger partial charge in [0.15, 0.2) is 6.29 Å². The van der Waals surface area contributed by atoms with Gasteiger partial charge in [0.2, 0.25) is 0 Å². The van der Waals surface area contributed by atoms with Crippen molar-refractivity contribution < 1.29 is 14.9 Å². The molecule has 1 aromatic heterocycles. The van der Waals surface area contributed by atoms with Crippen molar-refractivity contribution in [2.75, 3.05) is 6.61 Å². The first-order valence-corrected chi connectivity index (χ1v) is 7.69. The first-order chi connectivity index (χ1) is 10.6. The molecule has 0 amide bonds. The maximum absolute atomic E-state index is 10.4. The maximum atomic E-state index is 10.4. The fourth-order valence-electron chi connectivity index (χ4n) is 3.65. The zero-order chi connectivity index (χ0) is 15.3. The lowest BCUT2D eigenvalue weighted by atomic mass is 9.96. The first-order valence-electron chi connectivity index (χ1n) is 7.69. The Kier molecular flexibility index (Phi) is 3.11. The van der Waals surface area contributed by atoms with Crippen molar-refractivity contribution >= 4 is 0 Å². The highest BCUT2D eigenvalue weighted by atomic mass is 16.6. The summed E-state index contributed by atoms with van der Waals surface area (Å²) in [5, 5.41) is 19.8. The lowest BCUT2D eigenvalue weighted by molar-refractivity contribution is -0.209. The first kappa shape index (κ1) is 13.9. The summed E-state index contributed by atoms with van der Waals surface area (Å²) < 4.78 is 7.68. The van der Waals surface area contributed by atoms with Crippen molar-refractivity contribution in [3.8, 4) is 0 Å². The van der Waals surface area contributed by atoms with Crippen LogP contribution in [0.2, 0.25) is 0 Å². The second-order valence-corrected chi connectivity index (χ2v) is 6.57. The second kappa shape index (κ2) is 4.91. The Morgan fingerprint density at radius 1 is 1.32 bits per heavy atom. The zero-order valence-electron chi connectivity index (χ0n) is 12.6. The zero-order valence-corrected chi connectivity index (χ0v) is 12.6. The number of imidazole rings is 1. The smallest absolute Gasteiger partial charge is 0.199 e. The van der Waals surface area contributed by atoms with Gasteiger partial charge < -0.3 is 19.5 Å². The number of aliphatic hydroxyl groups is 2. The average molecular weight is 300 g/mol. The Bertz CT molecular complexity index is 687. The standard InChI is InChI=1S/C17H20N2O3/c1-17(9-20)8-14-15(16(21)22-17)19(10-18-14)13-6-11-4-2-3-5-12(11)7-13/h2-5,10,13,16,20-21H,6-9H2,1H3. The summed E-state index contributed by atoms with van der Waals surface area (Å²) in [6.07, 6.45) is 3.18. The molecule has 1 aromatic carbocycles. The van der Waals surface area contributed by atoms with Crippen LogP contribution in [-0.2, 0) is 24.0 Å². The predicted molar refractivity (Wildman–Crippen MR) is 80.4 cm³/mol. The Balaban J connectivity index is 1.67. The van der Waals surface area contributed by atoms with E-state index in [1.54, 1.807) is 13.3 Å². The van der Waals surface area contributed by atoms with Gasteiger partial charge in [-0.1, -0.05) is 24.3 Å². The van der Waals surface area contributed by atoms with E-state index in [0.29, 0.717) is 6.42 Å². The van der Waals surface area contributed by atoms with Crippen molar-refractivity contribution in [3.05, 3.63) is 53.1 Å². The molecule has 2 heterocycles. The summed E-state index contributed by atoms with van der Waals surface area (Å²) in [5.41, 5.74) is 3.53. The van der Waals surface area contributed by atoms with E-state index in [-0.39, 0.29) is 12.6 Å². The minimum atomic E-state index is -1.04. The highest BCUT2D eigenvalue weighted by molar-refractivity contribution is 5.34. The van der Waals surface area contributed by atoms with Crippen LogP contribution in [0.3, 0.4) is 0 Å². The highest BCUT2D eigenvalue weighted by Gasteiger charge is 2.39. The topological polar surface area (TPSA) is 67.5 Å². The van der Waals surface area contributed by atoms with E-state index in [1.165, 1.54) is 11.1 Å². The molecule has 1 aliphatic carbocycles. The molecular weight excluding hydrogens is 280 g/mol. The lowest BCUT2D eigenvalue weighted by Gasteiger charge is -2.35. The third-order valence-electron chi connectivity index (χ3n) is 4.84. The van der Waals surface area contributed by atoms with Crippen LogP contribution in [0.4, 0.5) is 0 Å². The number of nitrogens with zero attached hydrogens (tertiary/aromatic N) is 2. The minimum Gasteiger partial charge on any atom is -0.393 e. The number of aliphatic hydroxyl groups excluding tert-OH is 2. The summed E-state index contributed by atoms with van der Waals surface area (Å²) in [6.45, 7) is 1.66. The molecule has 0 spiro atoms. The van der Waals surface area contributed by atoms with E-state index in [2.05, 4.69) is 33.8 Å². The second-order valence-electron chi connectivity index (χ2n) is 6.57. The number of hydrogen-bond acceptors (Lipinski definition) is 4. The molecule has 2 aliphatic rings. The van der Waals surface area contributed by atoms with Gasteiger partial charge in [0, 0.05) is 12.5 Å². The Morgan fingerprint density at radius 3 is 2.64 bits per heavy atom. The van der Waals surface area contributed by atoms with E-state index in [4.69, 9.17) is 4.74 Å². The van der Waals surface area contributed by atoms with E-state index < -0.39 is 11.9 Å². The van der Waals surface area contributed by atoms with Gasteiger partial charge in [0.25, 0.3) is 0 Å². The van der Waals surface area contributed by atoms with Gasteiger partial charge in [-0.05, 0) is 30.9 Å². The molecule has 1 aliphatic heterocycles. The minimum absolute atomic E-state index is 0.134. The third kappa shape index (κ3) is 2.08. The summed E-state index contributed by atoms with van der Waals surface area (Å²) in [5.74, 6) is 0. The normalized spacial score (nSPS) is 27.7. The summed E-state index contributed by atoms with van der Waals surface area (Å²) in [6, 6.07) is 8.72. The van der Waals surface area contributed by atoms with Crippen LogP contribution in [-0.4, -0.2) is 32.0 Å². The van der Waals surface area contributed by atoms with Gasteiger partial charge in [0.05, 0.1) is 29.9 Å². The molecule has 5 nitrogen and oxygen atoms in total. The molecule has 5 heteroatoms. The molecule has 2 atom stereocenters. The maximum Gasteiger partial charge on any atom is 0.199 e. The molecule has 4 rings (SSSR count). The number of hydrogen-bond donors (Lipinski definition) is 2. The van der Waals surface area contributed by atoms with Crippen LogP contribution in [0.5, 0.6) is 0 Å². The van der Waals surface area contributed by atoms with E-state index in [0.717, 1.165) is 24.2 Å². The molecule has 2 aromatic rings. The van der Waals surface area contributed by atoms with Crippen molar-refractivity contribution in [3.63, 3.8) is 0 Å². The molecule has 0 saturated heterocycles. The van der Waals surface area contributed by atoms with E-state index in [1.807, 2.05) is 0 Å². The lowest BCUT2D eigenvalue weighted by Crippen LogP contribution is -2.41. The number of rotatable bonds is 2. The van der Waals surface area contributed by atoms with E-state index in [9.17, 15) is 10.2 Å². The van der Waals surface area contributed by atoms with Gasteiger partial charge in [-0.2, -0.15) is 0 Å². The fraction of sp³-hybridized carbons (Fsp3) is 0.471. The van der Waals surface area contributed by atoms with Crippen LogP contribution in [0.25, 0.3) is 0 Å². The monoisotopic (exact) mass is 300 g/mol. The molecule has 2 unspecified atom stereocenters. The van der Waals surface area contributed by atoms with E-state index >= 15 is 0 Å². The van der Waals surface area contributed by atoms with Gasteiger partial charge in [0.1, 0.15) is 0 Å². The molecule has 22 heavy (non-hydrogen) atoms. The SMILES string of the molecule is CC1(CO)Cc2ncn(C3Cc4ccccc4C3)c2C(O)O1. The van der Waals surface area contributed by atoms with Crippen LogP contribution in [0, 0.1) is 0 Å². The molecule has 2 N–H and O–H groups in total. The third-order valence-corrected chi connectivity index (χ3v) is 4.84. The summed E-state index contributed by atoms with van der Waals surface area (Å²) in [4.78, 5) is 4.47. The number of ether oxygens (including phenoxy) is 1. The van der Waals surface area contributed by atoms with Crippen LogP contribution < -0.4 is 0 Å². The van der Waals surface area contributed by atoms with Crippen LogP contribution in [0.1, 0.15) is 41.8 Å². The van der Waals surface area contributed by atoms with Crippen LogP contribution >= 0.6 is 0 Å². The van der Waals surface area contributed by atoms with Gasteiger partial charge in [-0.3, -0.25) is 0 Å². The Labute approximate surface area is 129 Å². The van der Waals surface area contributed by atoms with Crippen molar-refractivity contribution in [1.29, 1.82) is 0 Å². The summed E-state index contributed by atoms with van der Waals surface area (Å²) >= 11 is 0. The Morgan fingerprint density at radius 2 is 2.00 bits per heavy atom. The van der Waals surface area contributed by atoms with Crippen molar-refractivity contribution in [2.24, 2.45) is 0 Å². The average Bonchev–Trinajstić information content (AvgIpc) is 3.10. The van der Waals surface area contributed by atoms with Crippen molar-refractivity contribution in [1.82, 2.24) is 9.55 Å².